The van der Waals surface area contributed by atoms with Crippen molar-refractivity contribution in [3.63, 3.8) is 0 Å². The predicted octanol–water partition coefficient (Wildman–Crippen LogP) is 0.436. The summed E-state index contributed by atoms with van der Waals surface area (Å²) in [5.41, 5.74) is 1.64. The van der Waals surface area contributed by atoms with Crippen molar-refractivity contribution in [1.29, 1.82) is 0 Å². The number of rotatable bonds is 1. The van der Waals surface area contributed by atoms with E-state index in [-0.39, 0.29) is 6.61 Å². The third-order valence-electron chi connectivity index (χ3n) is 0.581. The van der Waals surface area contributed by atoms with Gasteiger partial charge in [-0.15, -0.1) is 11.3 Å². The molecule has 0 fully saturated rings. The highest BCUT2D eigenvalue weighted by Crippen LogP contribution is 2.01. The largest absolute Gasteiger partial charge is 0.391 e. The van der Waals surface area contributed by atoms with Crippen LogP contribution in [0.5, 0.6) is 0 Å². The van der Waals surface area contributed by atoms with Gasteiger partial charge in [0.25, 0.3) is 0 Å². The van der Waals surface area contributed by atoms with E-state index in [1.807, 2.05) is 0 Å². The van der Waals surface area contributed by atoms with Crippen LogP contribution >= 0.6 is 11.3 Å². The molecule has 0 saturated carbocycles. The zero-order valence-electron chi connectivity index (χ0n) is 3.59. The average molecular weight is 114 g/mol. The Bertz CT molecular complexity index is 126. The van der Waals surface area contributed by atoms with Crippen molar-refractivity contribution in [2.45, 2.75) is 6.61 Å². The summed E-state index contributed by atoms with van der Waals surface area (Å²) in [7, 11) is 0. The van der Waals surface area contributed by atoms with Crippen LogP contribution in [0.2, 0.25) is 0 Å². The molecule has 1 rings (SSSR count). The molecule has 0 amide bonds. The summed E-state index contributed by atoms with van der Waals surface area (Å²) in [5, 5.41) is 8.37. The van der Waals surface area contributed by atoms with Crippen LogP contribution in [0.25, 0.3) is 0 Å². The number of nitrogens with zero attached hydrogens (tertiary/aromatic N) is 1. The van der Waals surface area contributed by atoms with Gasteiger partial charge < -0.3 is 5.11 Å². The van der Waals surface area contributed by atoms with Crippen molar-refractivity contribution in [2.75, 3.05) is 0 Å². The molecule has 7 heavy (non-hydrogen) atoms. The maximum Gasteiger partial charge on any atom is 0.106 e. The monoisotopic (exact) mass is 114 g/mol. The first-order valence-electron chi connectivity index (χ1n) is 1.84. The lowest BCUT2D eigenvalue weighted by molar-refractivity contribution is 0.285. The third kappa shape index (κ3) is 0.976. The van der Waals surface area contributed by atoms with Crippen LogP contribution in [0.3, 0.4) is 0 Å². The topological polar surface area (TPSA) is 33.1 Å². The Kier molecular flexibility index (Phi) is 1.38. The van der Waals surface area contributed by atoms with Gasteiger partial charge in [0.1, 0.15) is 6.20 Å². The molecule has 1 radical (unpaired) electrons. The molecule has 0 atom stereocenters. The first kappa shape index (κ1) is 4.74. The number of hydrogen-bond acceptors (Lipinski definition) is 3. The summed E-state index contributed by atoms with van der Waals surface area (Å²) in [6, 6.07) is 0. The molecule has 2 nitrogen and oxygen atoms in total. The van der Waals surface area contributed by atoms with Crippen molar-refractivity contribution in [1.82, 2.24) is 4.98 Å². The third-order valence-corrected chi connectivity index (χ3v) is 1.30. The van der Waals surface area contributed by atoms with E-state index in [9.17, 15) is 0 Å². The van der Waals surface area contributed by atoms with Crippen molar-refractivity contribution < 1.29 is 5.11 Å². The molecule has 37 valence electrons. The zero-order chi connectivity index (χ0) is 5.11. The highest BCUT2D eigenvalue weighted by Gasteiger charge is 1.86. The van der Waals surface area contributed by atoms with Gasteiger partial charge >= 0.3 is 0 Å². The molecule has 0 bridgehead atoms. The first-order valence-corrected chi connectivity index (χ1v) is 2.72. The molecule has 0 spiro atoms. The van der Waals surface area contributed by atoms with Gasteiger partial charge in [0.15, 0.2) is 0 Å². The fraction of sp³-hybridized carbons (Fsp3) is 0.250. The van der Waals surface area contributed by atoms with Gasteiger partial charge in [-0.05, 0) is 0 Å². The Labute approximate surface area is 45.5 Å². The molecular weight excluding hydrogens is 110 g/mol. The number of aromatic nitrogens is 1. The van der Waals surface area contributed by atoms with Crippen LogP contribution in [0.1, 0.15) is 4.88 Å². The maximum absolute atomic E-state index is 8.37. The van der Waals surface area contributed by atoms with E-state index in [0.717, 1.165) is 4.88 Å². The van der Waals surface area contributed by atoms with E-state index in [0.29, 0.717) is 0 Å². The second kappa shape index (κ2) is 2.04. The summed E-state index contributed by atoms with van der Waals surface area (Å²) in [4.78, 5) is 4.42. The Hall–Kier alpha value is -0.410. The Morgan fingerprint density at radius 1 is 2.00 bits per heavy atom. The van der Waals surface area contributed by atoms with Crippen molar-refractivity contribution in [2.24, 2.45) is 0 Å². The molecule has 0 unspecified atom stereocenters. The van der Waals surface area contributed by atoms with Gasteiger partial charge in [-0.2, -0.15) is 0 Å². The lowest BCUT2D eigenvalue weighted by Crippen LogP contribution is -1.71. The van der Waals surface area contributed by atoms with Crippen molar-refractivity contribution in [3.8, 4) is 0 Å². The van der Waals surface area contributed by atoms with Crippen LogP contribution in [-0.2, 0) is 6.61 Å². The Morgan fingerprint density at radius 3 is 3.14 bits per heavy atom. The van der Waals surface area contributed by atoms with Crippen LogP contribution in [0.4, 0.5) is 0 Å². The minimum atomic E-state index is 0.0602. The van der Waals surface area contributed by atoms with Gasteiger partial charge in [-0.3, -0.25) is 0 Å². The van der Waals surface area contributed by atoms with E-state index in [1.54, 1.807) is 5.51 Å². The van der Waals surface area contributed by atoms with Gasteiger partial charge in [-0.1, -0.05) is 0 Å². The number of hydrogen-bond donors (Lipinski definition) is 1. The highest BCUT2D eigenvalue weighted by molar-refractivity contribution is 7.09. The maximum atomic E-state index is 8.37. The van der Waals surface area contributed by atoms with E-state index in [1.165, 1.54) is 11.3 Å². The first-order chi connectivity index (χ1) is 3.43. The molecule has 1 aromatic rings. The average Bonchev–Trinajstić information content (AvgIpc) is 2.14. The fourth-order valence-corrected chi connectivity index (χ4v) is 0.700. The summed E-state index contributed by atoms with van der Waals surface area (Å²) in [6.07, 6.45) is 2.61. The van der Waals surface area contributed by atoms with Gasteiger partial charge in [0.2, 0.25) is 0 Å². The molecule has 0 aliphatic carbocycles. The second-order valence-corrected chi connectivity index (χ2v) is 1.98. The molecule has 0 aliphatic rings. The molecule has 1 heterocycles. The van der Waals surface area contributed by atoms with Gasteiger partial charge in [-0.25, -0.2) is 4.98 Å². The summed E-state index contributed by atoms with van der Waals surface area (Å²) >= 11 is 1.41. The SMILES string of the molecule is OCc1[c]ncs1. The van der Waals surface area contributed by atoms with Crippen molar-refractivity contribution in [3.05, 3.63) is 16.6 Å². The van der Waals surface area contributed by atoms with E-state index >= 15 is 0 Å². The van der Waals surface area contributed by atoms with E-state index in [2.05, 4.69) is 11.2 Å². The number of thiazole rings is 1. The Morgan fingerprint density at radius 2 is 2.86 bits per heavy atom. The zero-order valence-corrected chi connectivity index (χ0v) is 4.40. The molecular formula is C4H4NOS. The lowest BCUT2D eigenvalue weighted by Gasteiger charge is -1.75. The summed E-state index contributed by atoms with van der Waals surface area (Å²) in [6.45, 7) is 0.0602. The van der Waals surface area contributed by atoms with Gasteiger partial charge in [0.05, 0.1) is 17.0 Å². The summed E-state index contributed by atoms with van der Waals surface area (Å²) in [5.74, 6) is 0. The summed E-state index contributed by atoms with van der Waals surface area (Å²) < 4.78 is 0. The van der Waals surface area contributed by atoms with Crippen LogP contribution in [-0.4, -0.2) is 10.1 Å². The second-order valence-electron chi connectivity index (χ2n) is 1.05. The molecule has 1 N–H and O–H groups in total. The highest BCUT2D eigenvalue weighted by atomic mass is 32.1. The molecule has 0 aliphatic heterocycles. The molecule has 1 aromatic heterocycles. The minimum Gasteiger partial charge on any atom is -0.391 e. The van der Waals surface area contributed by atoms with Crippen LogP contribution in [0.15, 0.2) is 5.51 Å². The number of aliphatic hydroxyl groups excluding tert-OH is 1. The standard InChI is InChI=1S/C4H4NOS/c6-2-4-1-5-3-7-4/h3,6H,2H2. The van der Waals surface area contributed by atoms with Gasteiger partial charge in [0, 0.05) is 0 Å². The lowest BCUT2D eigenvalue weighted by atomic mass is 10.6. The fourth-order valence-electron chi connectivity index (χ4n) is 0.287. The number of aliphatic hydroxyl groups is 1. The predicted molar refractivity (Wildman–Crippen MR) is 26.9 cm³/mol. The molecule has 0 aromatic carbocycles. The minimum absolute atomic E-state index is 0.0602. The quantitative estimate of drug-likeness (QED) is 0.574. The van der Waals surface area contributed by atoms with E-state index < -0.39 is 0 Å². The Balaban J connectivity index is 2.76. The van der Waals surface area contributed by atoms with Crippen molar-refractivity contribution >= 4 is 11.3 Å². The van der Waals surface area contributed by atoms with Crippen LogP contribution < -0.4 is 0 Å². The smallest absolute Gasteiger partial charge is 0.106 e. The van der Waals surface area contributed by atoms with Crippen LogP contribution in [0, 0.1) is 6.20 Å². The normalized spacial score (nSPS) is 9.29. The molecule has 3 heteroatoms. The molecule has 0 saturated heterocycles. The van der Waals surface area contributed by atoms with E-state index in [4.69, 9.17) is 5.11 Å².